The van der Waals surface area contributed by atoms with E-state index < -0.39 is 23.4 Å². The number of carbonyl (C=O) groups excluding carboxylic acids is 4. The number of benzene rings is 2. The molecular formula is C27H25N3O6. The van der Waals surface area contributed by atoms with Crippen molar-refractivity contribution in [1.82, 2.24) is 4.98 Å². The number of ether oxygens (including phenoxy) is 2. The first-order valence-corrected chi connectivity index (χ1v) is 11.5. The maximum absolute atomic E-state index is 13.7. The number of hydrogen-bond donors (Lipinski definition) is 1. The lowest BCUT2D eigenvalue weighted by Crippen LogP contribution is -2.67. The van der Waals surface area contributed by atoms with Crippen molar-refractivity contribution < 1.29 is 28.7 Å². The molecule has 1 unspecified atom stereocenters. The first-order chi connectivity index (χ1) is 17.4. The fraction of sp³-hybridized carbons (Fsp3) is 0.222. The Balaban J connectivity index is 1.65. The molecule has 0 spiro atoms. The van der Waals surface area contributed by atoms with Crippen LogP contribution in [-0.2, 0) is 24.6 Å². The highest BCUT2D eigenvalue weighted by molar-refractivity contribution is 6.17. The number of hydrogen-bond acceptors (Lipinski definition) is 7. The Bertz CT molecular complexity index is 1280. The second-order valence-corrected chi connectivity index (χ2v) is 8.02. The molecule has 2 aromatic carbocycles. The van der Waals surface area contributed by atoms with Gasteiger partial charge in [-0.25, -0.2) is 9.59 Å². The Hall–Kier alpha value is -4.53. The molecule has 0 saturated carbocycles. The summed E-state index contributed by atoms with van der Waals surface area (Å²) in [5.41, 5.74) is 0.885. The van der Waals surface area contributed by atoms with Crippen LogP contribution >= 0.6 is 0 Å². The van der Waals surface area contributed by atoms with E-state index in [9.17, 15) is 19.2 Å². The van der Waals surface area contributed by atoms with E-state index in [1.165, 1.54) is 4.90 Å². The third-order valence-corrected chi connectivity index (χ3v) is 5.86. The standard InChI is InChI=1S/C27H25N3O6/c1-3-35-24(32)18-5-9-21(10-6-18)29-26(34)27(20-13-15-28-16-14-20)17-23(31)30(27)22-11-7-19(8-12-22)25(33)36-4-2/h5-16H,3-4,17H2,1-2H3,(H,29,34). The van der Waals surface area contributed by atoms with Crippen molar-refractivity contribution in [3.8, 4) is 0 Å². The average Bonchev–Trinajstić information content (AvgIpc) is 2.88. The van der Waals surface area contributed by atoms with Crippen LogP contribution in [0.5, 0.6) is 0 Å². The van der Waals surface area contributed by atoms with Gasteiger partial charge in [0.1, 0.15) is 0 Å². The molecule has 1 aromatic heterocycles. The van der Waals surface area contributed by atoms with Crippen LogP contribution in [0, 0.1) is 0 Å². The monoisotopic (exact) mass is 487 g/mol. The smallest absolute Gasteiger partial charge is 0.338 e. The Morgan fingerprint density at radius 2 is 1.39 bits per heavy atom. The van der Waals surface area contributed by atoms with Gasteiger partial charge in [0.15, 0.2) is 5.54 Å². The van der Waals surface area contributed by atoms with Crippen LogP contribution in [0.3, 0.4) is 0 Å². The molecule has 36 heavy (non-hydrogen) atoms. The molecule has 1 N–H and O–H groups in total. The van der Waals surface area contributed by atoms with Gasteiger partial charge in [0.25, 0.3) is 5.91 Å². The topological polar surface area (TPSA) is 115 Å². The number of esters is 2. The Labute approximate surface area is 208 Å². The summed E-state index contributed by atoms with van der Waals surface area (Å²) < 4.78 is 10.0. The summed E-state index contributed by atoms with van der Waals surface area (Å²) >= 11 is 0. The summed E-state index contributed by atoms with van der Waals surface area (Å²) in [6, 6.07) is 16.0. The lowest BCUT2D eigenvalue weighted by atomic mass is 9.76. The fourth-order valence-electron chi connectivity index (χ4n) is 4.13. The van der Waals surface area contributed by atoms with Crippen LogP contribution in [0.4, 0.5) is 11.4 Å². The number of β-lactam (4-membered cyclic amide) rings is 1. The molecule has 9 heteroatoms. The number of nitrogens with zero attached hydrogens (tertiary/aromatic N) is 2. The van der Waals surface area contributed by atoms with Gasteiger partial charge in [-0.2, -0.15) is 0 Å². The molecule has 0 bridgehead atoms. The maximum Gasteiger partial charge on any atom is 0.338 e. The quantitative estimate of drug-likeness (QED) is 0.380. The number of nitrogens with one attached hydrogen (secondary N) is 1. The molecule has 1 atom stereocenters. The Morgan fingerprint density at radius 1 is 0.861 bits per heavy atom. The lowest BCUT2D eigenvalue weighted by Gasteiger charge is -2.50. The van der Waals surface area contributed by atoms with Crippen LogP contribution in [0.25, 0.3) is 0 Å². The van der Waals surface area contributed by atoms with E-state index in [-0.39, 0.29) is 25.5 Å². The molecule has 4 rings (SSSR count). The second kappa shape index (κ2) is 10.4. The van der Waals surface area contributed by atoms with Crippen LogP contribution < -0.4 is 10.2 Å². The van der Waals surface area contributed by atoms with Gasteiger partial charge in [-0.05, 0) is 80.1 Å². The zero-order chi connectivity index (χ0) is 25.7. The highest BCUT2D eigenvalue weighted by atomic mass is 16.5. The number of rotatable bonds is 8. The predicted octanol–water partition coefficient (Wildman–Crippen LogP) is 3.71. The number of carbonyl (C=O) groups is 4. The Morgan fingerprint density at radius 3 is 1.89 bits per heavy atom. The van der Waals surface area contributed by atoms with Gasteiger partial charge in [-0.1, -0.05) is 0 Å². The predicted molar refractivity (Wildman–Crippen MR) is 131 cm³/mol. The third-order valence-electron chi connectivity index (χ3n) is 5.86. The lowest BCUT2D eigenvalue weighted by molar-refractivity contribution is -0.137. The molecule has 1 aliphatic heterocycles. The van der Waals surface area contributed by atoms with Crippen LogP contribution in [-0.4, -0.2) is 42.0 Å². The van der Waals surface area contributed by atoms with E-state index in [0.29, 0.717) is 28.1 Å². The molecule has 1 aliphatic rings. The number of pyridine rings is 1. The number of aromatic nitrogens is 1. The van der Waals surface area contributed by atoms with Gasteiger partial charge in [0.2, 0.25) is 5.91 Å². The largest absolute Gasteiger partial charge is 0.462 e. The van der Waals surface area contributed by atoms with Crippen LogP contribution in [0.2, 0.25) is 0 Å². The molecule has 184 valence electrons. The second-order valence-electron chi connectivity index (χ2n) is 8.02. The number of anilines is 2. The first-order valence-electron chi connectivity index (χ1n) is 11.5. The number of amides is 2. The molecule has 3 aromatic rings. The Kier molecular flexibility index (Phi) is 7.10. The zero-order valence-corrected chi connectivity index (χ0v) is 19.9. The van der Waals surface area contributed by atoms with Crippen molar-refractivity contribution in [1.29, 1.82) is 0 Å². The third kappa shape index (κ3) is 4.55. The van der Waals surface area contributed by atoms with Crippen molar-refractivity contribution >= 4 is 35.1 Å². The van der Waals surface area contributed by atoms with Gasteiger partial charge in [-0.3, -0.25) is 19.5 Å². The van der Waals surface area contributed by atoms with Crippen molar-refractivity contribution in [2.24, 2.45) is 0 Å². The van der Waals surface area contributed by atoms with Gasteiger partial charge in [0, 0.05) is 23.8 Å². The molecule has 1 saturated heterocycles. The molecule has 0 aliphatic carbocycles. The van der Waals surface area contributed by atoms with Gasteiger partial charge >= 0.3 is 11.9 Å². The summed E-state index contributed by atoms with van der Waals surface area (Å²) in [5.74, 6) is -1.59. The van der Waals surface area contributed by atoms with E-state index in [0.717, 1.165) is 0 Å². The normalized spacial score (nSPS) is 16.6. The molecule has 1 fully saturated rings. The highest BCUT2D eigenvalue weighted by Gasteiger charge is 2.58. The van der Waals surface area contributed by atoms with E-state index in [2.05, 4.69) is 10.3 Å². The summed E-state index contributed by atoms with van der Waals surface area (Å²) in [6.07, 6.45) is 3.07. The van der Waals surface area contributed by atoms with Crippen molar-refractivity contribution in [3.63, 3.8) is 0 Å². The van der Waals surface area contributed by atoms with E-state index in [4.69, 9.17) is 9.47 Å². The van der Waals surface area contributed by atoms with Gasteiger partial charge < -0.3 is 14.8 Å². The maximum atomic E-state index is 13.7. The summed E-state index contributed by atoms with van der Waals surface area (Å²) in [7, 11) is 0. The molecule has 0 radical (unpaired) electrons. The summed E-state index contributed by atoms with van der Waals surface area (Å²) in [4.78, 5) is 56.0. The van der Waals surface area contributed by atoms with Gasteiger partial charge in [-0.15, -0.1) is 0 Å². The van der Waals surface area contributed by atoms with E-state index >= 15 is 0 Å². The highest BCUT2D eigenvalue weighted by Crippen LogP contribution is 2.45. The summed E-state index contributed by atoms with van der Waals surface area (Å²) in [6.45, 7) is 3.95. The average molecular weight is 488 g/mol. The van der Waals surface area contributed by atoms with Crippen molar-refractivity contribution in [2.75, 3.05) is 23.4 Å². The SMILES string of the molecule is CCOC(=O)c1ccc(NC(=O)C2(c3ccncc3)CC(=O)N2c2ccc(C(=O)OCC)cc2)cc1. The minimum absolute atomic E-state index is 0.0522. The first kappa shape index (κ1) is 24.6. The minimum atomic E-state index is -1.33. The zero-order valence-electron chi connectivity index (χ0n) is 19.9. The van der Waals surface area contributed by atoms with Crippen LogP contribution in [0.15, 0.2) is 73.1 Å². The van der Waals surface area contributed by atoms with Gasteiger partial charge in [0.05, 0.1) is 30.8 Å². The van der Waals surface area contributed by atoms with E-state index in [1.54, 1.807) is 86.9 Å². The molecule has 2 amide bonds. The minimum Gasteiger partial charge on any atom is -0.462 e. The molecule has 9 nitrogen and oxygen atoms in total. The van der Waals surface area contributed by atoms with E-state index in [1.807, 2.05) is 0 Å². The van der Waals surface area contributed by atoms with Crippen LogP contribution in [0.1, 0.15) is 46.5 Å². The fourth-order valence-corrected chi connectivity index (χ4v) is 4.13. The molecule has 2 heterocycles. The van der Waals surface area contributed by atoms with Crippen molar-refractivity contribution in [3.05, 3.63) is 89.7 Å². The molecular weight excluding hydrogens is 462 g/mol. The summed E-state index contributed by atoms with van der Waals surface area (Å²) in [5, 5.41) is 2.87. The van der Waals surface area contributed by atoms with Crippen molar-refractivity contribution in [2.45, 2.75) is 25.8 Å².